The second kappa shape index (κ2) is 8.19. The van der Waals surface area contributed by atoms with Crippen LogP contribution in [0.4, 0.5) is 5.69 Å². The number of aliphatic imine (C=N–C) groups is 1. The number of ether oxygens (including phenoxy) is 1. The molecule has 1 fully saturated rings. The number of thiophene rings is 1. The molecule has 0 radical (unpaired) electrons. The molecule has 1 saturated heterocycles. The van der Waals surface area contributed by atoms with Crippen LogP contribution in [0.25, 0.3) is 0 Å². The molecule has 0 spiro atoms. The molecule has 2 aromatic rings. The van der Waals surface area contributed by atoms with Crippen molar-refractivity contribution in [1.29, 1.82) is 0 Å². The van der Waals surface area contributed by atoms with Crippen LogP contribution in [-0.4, -0.2) is 40.1 Å². The zero-order valence-electron chi connectivity index (χ0n) is 14.1. The van der Waals surface area contributed by atoms with E-state index in [4.69, 9.17) is 5.11 Å². The summed E-state index contributed by atoms with van der Waals surface area (Å²) in [6.07, 6.45) is 1.14. The summed E-state index contributed by atoms with van der Waals surface area (Å²) in [5, 5.41) is 11.3. The molecular formula is C18H14N2O5S2. The Labute approximate surface area is 163 Å². The smallest absolute Gasteiger partial charge is 0.335 e. The molecule has 1 N–H and O–H groups in total. The maximum atomic E-state index is 12.7. The summed E-state index contributed by atoms with van der Waals surface area (Å²) in [5.74, 6) is -1.98. The summed E-state index contributed by atoms with van der Waals surface area (Å²) in [4.78, 5) is 42.3. The molecular weight excluding hydrogens is 388 g/mol. The van der Waals surface area contributed by atoms with Crippen LogP contribution in [-0.2, 0) is 20.9 Å². The second-order valence-electron chi connectivity index (χ2n) is 5.35. The first kappa shape index (κ1) is 18.9. The number of thioether (sulfide) groups is 1. The van der Waals surface area contributed by atoms with Crippen molar-refractivity contribution >= 4 is 51.8 Å². The van der Waals surface area contributed by atoms with Gasteiger partial charge in [-0.2, -0.15) is 0 Å². The fourth-order valence-electron chi connectivity index (χ4n) is 2.24. The molecule has 0 unspecified atom stereocenters. The first-order valence-electron chi connectivity index (χ1n) is 7.71. The van der Waals surface area contributed by atoms with Gasteiger partial charge in [0, 0.05) is 11.0 Å². The van der Waals surface area contributed by atoms with Crippen molar-refractivity contribution in [2.24, 2.45) is 4.99 Å². The van der Waals surface area contributed by atoms with Gasteiger partial charge in [0.05, 0.1) is 29.8 Å². The quantitative estimate of drug-likeness (QED) is 0.609. The number of benzene rings is 1. The van der Waals surface area contributed by atoms with E-state index in [0.29, 0.717) is 17.4 Å². The lowest BCUT2D eigenvalue weighted by Gasteiger charge is -2.14. The van der Waals surface area contributed by atoms with Crippen LogP contribution in [0.5, 0.6) is 0 Å². The predicted octanol–water partition coefficient (Wildman–Crippen LogP) is 3.27. The average Bonchev–Trinajstić information content (AvgIpc) is 3.26. The highest BCUT2D eigenvalue weighted by Crippen LogP contribution is 2.34. The standard InChI is InChI=1S/C18H14N2O5S2/c1-25-15(21)9-14-16(22)20(10-13-3-2-8-26-13)18(27-14)19-12-6-4-11(5-7-12)17(23)24/h2-9H,10H2,1H3,(H,23,24). The summed E-state index contributed by atoms with van der Waals surface area (Å²) in [5.41, 5.74) is 0.654. The van der Waals surface area contributed by atoms with Crippen LogP contribution in [0.1, 0.15) is 15.2 Å². The molecule has 138 valence electrons. The molecule has 1 aliphatic rings. The molecule has 1 aromatic heterocycles. The Hall–Kier alpha value is -2.91. The van der Waals surface area contributed by atoms with Crippen LogP contribution in [0.3, 0.4) is 0 Å². The van der Waals surface area contributed by atoms with E-state index in [1.807, 2.05) is 17.5 Å². The maximum absolute atomic E-state index is 12.7. The molecule has 0 atom stereocenters. The molecule has 2 heterocycles. The minimum Gasteiger partial charge on any atom is -0.478 e. The Morgan fingerprint density at radius 3 is 2.59 bits per heavy atom. The number of amidine groups is 1. The molecule has 0 aliphatic carbocycles. The first-order chi connectivity index (χ1) is 13.0. The third-order valence-electron chi connectivity index (χ3n) is 3.57. The number of carboxylic acid groups (broad SMARTS) is 1. The Kier molecular flexibility index (Phi) is 5.72. The van der Waals surface area contributed by atoms with Crippen molar-refractivity contribution < 1.29 is 24.2 Å². The van der Waals surface area contributed by atoms with Crippen molar-refractivity contribution in [3.05, 3.63) is 63.2 Å². The zero-order chi connectivity index (χ0) is 19.4. The zero-order valence-corrected chi connectivity index (χ0v) is 15.8. The number of hydrogen-bond acceptors (Lipinski definition) is 7. The molecule has 0 bridgehead atoms. The topological polar surface area (TPSA) is 96.3 Å². The van der Waals surface area contributed by atoms with Crippen LogP contribution in [0, 0.1) is 0 Å². The highest BCUT2D eigenvalue weighted by Gasteiger charge is 2.34. The highest BCUT2D eigenvalue weighted by atomic mass is 32.2. The van der Waals surface area contributed by atoms with E-state index < -0.39 is 11.9 Å². The number of esters is 1. The van der Waals surface area contributed by atoms with E-state index in [9.17, 15) is 14.4 Å². The fraction of sp³-hybridized carbons (Fsp3) is 0.111. The SMILES string of the molecule is COC(=O)C=C1SC(=Nc2ccc(C(=O)O)cc2)N(Cc2cccs2)C1=O. The van der Waals surface area contributed by atoms with Crippen molar-refractivity contribution in [2.45, 2.75) is 6.54 Å². The number of methoxy groups -OCH3 is 1. The van der Waals surface area contributed by atoms with Crippen LogP contribution >= 0.6 is 23.1 Å². The second-order valence-corrected chi connectivity index (χ2v) is 7.39. The Balaban J connectivity index is 1.93. The molecule has 0 saturated carbocycles. The van der Waals surface area contributed by atoms with Crippen molar-refractivity contribution in [2.75, 3.05) is 7.11 Å². The summed E-state index contributed by atoms with van der Waals surface area (Å²) in [6.45, 7) is 0.327. The minimum atomic E-state index is -1.03. The van der Waals surface area contributed by atoms with Crippen LogP contribution in [0.15, 0.2) is 57.8 Å². The molecule has 7 nitrogen and oxygen atoms in total. The fourth-order valence-corrected chi connectivity index (χ4v) is 3.89. The van der Waals surface area contributed by atoms with Crippen LogP contribution in [0.2, 0.25) is 0 Å². The van der Waals surface area contributed by atoms with Gasteiger partial charge >= 0.3 is 11.9 Å². The molecule has 9 heteroatoms. The number of carbonyl (C=O) groups is 3. The number of nitrogens with zero attached hydrogens (tertiary/aromatic N) is 2. The van der Waals surface area contributed by atoms with Crippen molar-refractivity contribution in [3.63, 3.8) is 0 Å². The van der Waals surface area contributed by atoms with Gasteiger partial charge in [-0.3, -0.25) is 9.69 Å². The third kappa shape index (κ3) is 4.44. The lowest BCUT2D eigenvalue weighted by Crippen LogP contribution is -2.28. The van der Waals surface area contributed by atoms with Gasteiger partial charge in [-0.1, -0.05) is 6.07 Å². The van der Waals surface area contributed by atoms with Gasteiger partial charge in [0.1, 0.15) is 0 Å². The number of aromatic carboxylic acids is 1. The average molecular weight is 402 g/mol. The molecule has 1 aromatic carbocycles. The van der Waals surface area contributed by atoms with Gasteiger partial charge in [-0.15, -0.1) is 11.3 Å². The number of carboxylic acids is 1. The van der Waals surface area contributed by atoms with Gasteiger partial charge in [-0.05, 0) is 47.5 Å². The van der Waals surface area contributed by atoms with Gasteiger partial charge in [0.2, 0.25) is 0 Å². The molecule has 3 rings (SSSR count). The van der Waals surface area contributed by atoms with E-state index >= 15 is 0 Å². The van der Waals surface area contributed by atoms with Gasteiger partial charge in [0.15, 0.2) is 5.17 Å². The van der Waals surface area contributed by atoms with Gasteiger partial charge < -0.3 is 9.84 Å². The Bertz CT molecular complexity index is 933. The van der Waals surface area contributed by atoms with Crippen molar-refractivity contribution in [3.8, 4) is 0 Å². The highest BCUT2D eigenvalue weighted by molar-refractivity contribution is 8.18. The summed E-state index contributed by atoms with van der Waals surface area (Å²) in [6, 6.07) is 9.81. The van der Waals surface area contributed by atoms with Gasteiger partial charge in [0.25, 0.3) is 5.91 Å². The molecule has 27 heavy (non-hydrogen) atoms. The number of rotatable bonds is 5. The number of amides is 1. The lowest BCUT2D eigenvalue weighted by atomic mass is 10.2. The van der Waals surface area contributed by atoms with Gasteiger partial charge in [-0.25, -0.2) is 14.6 Å². The van der Waals surface area contributed by atoms with E-state index in [0.717, 1.165) is 22.7 Å². The van der Waals surface area contributed by atoms with E-state index in [1.54, 1.807) is 12.1 Å². The van der Waals surface area contributed by atoms with E-state index in [-0.39, 0.29) is 16.4 Å². The monoisotopic (exact) mass is 402 g/mol. The number of hydrogen-bond donors (Lipinski definition) is 1. The number of carbonyl (C=O) groups excluding carboxylic acids is 2. The first-order valence-corrected chi connectivity index (χ1v) is 9.41. The van der Waals surface area contributed by atoms with E-state index in [2.05, 4.69) is 9.73 Å². The summed E-state index contributed by atoms with van der Waals surface area (Å²) < 4.78 is 4.60. The largest absolute Gasteiger partial charge is 0.478 e. The Morgan fingerprint density at radius 2 is 2.00 bits per heavy atom. The summed E-state index contributed by atoms with van der Waals surface area (Å²) in [7, 11) is 1.24. The molecule has 1 amide bonds. The lowest BCUT2D eigenvalue weighted by molar-refractivity contribution is -0.135. The predicted molar refractivity (Wildman–Crippen MR) is 103 cm³/mol. The third-order valence-corrected chi connectivity index (χ3v) is 5.44. The van der Waals surface area contributed by atoms with Crippen molar-refractivity contribution in [1.82, 2.24) is 4.90 Å². The van der Waals surface area contributed by atoms with Crippen LogP contribution < -0.4 is 0 Å². The minimum absolute atomic E-state index is 0.149. The Morgan fingerprint density at radius 1 is 1.26 bits per heavy atom. The van der Waals surface area contributed by atoms with E-state index in [1.165, 1.54) is 35.5 Å². The summed E-state index contributed by atoms with van der Waals surface area (Å²) >= 11 is 2.58. The normalized spacial score (nSPS) is 16.9. The maximum Gasteiger partial charge on any atom is 0.335 e. The molecule has 1 aliphatic heterocycles.